The number of amides is 1. The number of fused-ring (bicyclic) bond motifs is 2. The van der Waals surface area contributed by atoms with E-state index in [1.165, 1.54) is 11.1 Å². The predicted molar refractivity (Wildman–Crippen MR) is 144 cm³/mol. The number of aryl methyl sites for hydroxylation is 4. The number of nitrogens with zero attached hydrogens (tertiary/aromatic N) is 3. The molecule has 0 radical (unpaired) electrons. The Morgan fingerprint density at radius 2 is 1.70 bits per heavy atom. The smallest absolute Gasteiger partial charge is 0.305 e. The van der Waals surface area contributed by atoms with Gasteiger partial charge in [0, 0.05) is 18.5 Å². The van der Waals surface area contributed by atoms with Crippen molar-refractivity contribution in [3.8, 4) is 11.7 Å². The zero-order chi connectivity index (χ0) is 26.9. The zero-order valence-corrected chi connectivity index (χ0v) is 23.0. The molecule has 0 spiro atoms. The van der Waals surface area contributed by atoms with Gasteiger partial charge in [-0.05, 0) is 78.0 Å². The van der Waals surface area contributed by atoms with E-state index in [1.54, 1.807) is 16.8 Å². The monoisotopic (exact) mass is 501 g/mol. The minimum Gasteiger partial charge on any atom is -0.426 e. The number of carbonyl (C=O) groups is 1. The van der Waals surface area contributed by atoms with Crippen molar-refractivity contribution in [2.24, 2.45) is 13.0 Å². The van der Waals surface area contributed by atoms with Crippen LogP contribution < -0.4 is 15.6 Å². The highest BCUT2D eigenvalue weighted by Crippen LogP contribution is 2.55. The number of aromatic nitrogens is 3. The first-order valence-electron chi connectivity index (χ1n) is 12.6. The second kappa shape index (κ2) is 8.36. The van der Waals surface area contributed by atoms with Gasteiger partial charge in [-0.2, -0.15) is 5.10 Å². The molecule has 8 heteroatoms. The molecule has 1 aliphatic carbocycles. The molecule has 1 amide bonds. The van der Waals surface area contributed by atoms with Crippen LogP contribution in [0, 0.1) is 26.7 Å². The molecule has 1 aromatic carbocycles. The molecule has 0 fully saturated rings. The number of nitrogens with one attached hydrogen (secondary N) is 2. The molecule has 0 saturated carbocycles. The fourth-order valence-electron chi connectivity index (χ4n) is 5.74. The van der Waals surface area contributed by atoms with E-state index >= 15 is 0 Å². The van der Waals surface area contributed by atoms with E-state index in [-0.39, 0.29) is 22.5 Å². The van der Waals surface area contributed by atoms with E-state index in [9.17, 15) is 4.79 Å². The van der Waals surface area contributed by atoms with Crippen molar-refractivity contribution in [2.45, 2.75) is 66.2 Å². The summed E-state index contributed by atoms with van der Waals surface area (Å²) < 4.78 is 13.6. The quantitative estimate of drug-likeness (QED) is 0.314. The molecule has 0 saturated heterocycles. The summed E-state index contributed by atoms with van der Waals surface area (Å²) in [6.07, 6.45) is 0. The van der Waals surface area contributed by atoms with E-state index in [1.807, 2.05) is 33.9 Å². The number of carbonyl (C=O) groups excluding carboxylic acids is 1. The van der Waals surface area contributed by atoms with Crippen molar-refractivity contribution < 1.29 is 13.9 Å². The second-order valence-electron chi connectivity index (χ2n) is 11.4. The third kappa shape index (κ3) is 3.95. The van der Waals surface area contributed by atoms with Crippen LogP contribution in [0.1, 0.15) is 73.1 Å². The summed E-state index contributed by atoms with van der Waals surface area (Å²) in [5.74, 6) is 1.69. The maximum Gasteiger partial charge on any atom is 0.305 e. The Labute approximate surface area is 217 Å². The Kier molecular flexibility index (Phi) is 5.62. The molecule has 4 aromatic rings. The highest BCUT2D eigenvalue weighted by atomic mass is 16.6. The fourth-order valence-corrected chi connectivity index (χ4v) is 5.74. The van der Waals surface area contributed by atoms with E-state index < -0.39 is 5.91 Å². The summed E-state index contributed by atoms with van der Waals surface area (Å²) in [4.78, 5) is 17.3. The number of hydrogen-bond donors (Lipinski definition) is 2. The van der Waals surface area contributed by atoms with Crippen molar-refractivity contribution in [3.05, 3.63) is 64.0 Å². The van der Waals surface area contributed by atoms with Crippen LogP contribution in [-0.2, 0) is 17.9 Å². The molecule has 0 aliphatic heterocycles. The standard InChI is InChI=1S/C29H35N5O3/c1-15-12-19-20(29(7,8)18(4)28(19,5)6)14-22(15)37-24-11-10-21(36-24)27(35)32-31-23-13-16(2)25-17(3)33-34(9)26(25)30-23/h10-14,18H,1-9H3,(H,30,31)(H,32,35). The van der Waals surface area contributed by atoms with E-state index in [4.69, 9.17) is 9.15 Å². The van der Waals surface area contributed by atoms with Crippen LogP contribution in [-0.4, -0.2) is 20.7 Å². The molecule has 1 aliphatic rings. The van der Waals surface area contributed by atoms with Gasteiger partial charge in [0.1, 0.15) is 11.6 Å². The lowest BCUT2D eigenvalue weighted by Gasteiger charge is -2.32. The van der Waals surface area contributed by atoms with E-state index in [0.717, 1.165) is 33.6 Å². The molecule has 2 N–H and O–H groups in total. The van der Waals surface area contributed by atoms with Crippen LogP contribution >= 0.6 is 0 Å². The number of ether oxygens (including phenoxy) is 1. The molecule has 37 heavy (non-hydrogen) atoms. The third-order valence-electron chi connectivity index (χ3n) is 8.35. The van der Waals surface area contributed by atoms with Crippen LogP contribution in [0.25, 0.3) is 11.0 Å². The van der Waals surface area contributed by atoms with Crippen LogP contribution in [0.15, 0.2) is 34.7 Å². The Morgan fingerprint density at radius 3 is 2.41 bits per heavy atom. The molecular weight excluding hydrogens is 466 g/mol. The fraction of sp³-hybridized carbons (Fsp3) is 0.414. The van der Waals surface area contributed by atoms with Crippen molar-refractivity contribution in [2.75, 3.05) is 5.43 Å². The van der Waals surface area contributed by atoms with Crippen molar-refractivity contribution in [3.63, 3.8) is 0 Å². The third-order valence-corrected chi connectivity index (χ3v) is 8.35. The van der Waals surface area contributed by atoms with Crippen LogP contribution in [0.3, 0.4) is 0 Å². The van der Waals surface area contributed by atoms with Gasteiger partial charge in [-0.25, -0.2) is 4.98 Å². The van der Waals surface area contributed by atoms with Gasteiger partial charge < -0.3 is 9.15 Å². The molecule has 0 bridgehead atoms. The molecule has 8 nitrogen and oxygen atoms in total. The highest BCUT2D eigenvalue weighted by molar-refractivity contribution is 5.92. The van der Waals surface area contributed by atoms with E-state index in [0.29, 0.717) is 11.7 Å². The number of hydrogen-bond acceptors (Lipinski definition) is 6. The Hall–Kier alpha value is -3.81. The predicted octanol–water partition coefficient (Wildman–Crippen LogP) is 6.24. The average molecular weight is 502 g/mol. The van der Waals surface area contributed by atoms with Crippen molar-refractivity contribution in [1.82, 2.24) is 20.2 Å². The summed E-state index contributed by atoms with van der Waals surface area (Å²) in [5.41, 5.74) is 12.0. The molecule has 194 valence electrons. The minimum absolute atomic E-state index is 0.0219. The van der Waals surface area contributed by atoms with Crippen LogP contribution in [0.2, 0.25) is 0 Å². The summed E-state index contributed by atoms with van der Waals surface area (Å²) in [5, 5.41) is 5.44. The minimum atomic E-state index is -0.432. The SMILES string of the molecule is Cc1cc2c(cc1Oc1ccc(C(=O)NNc3cc(C)c4c(C)nn(C)c4n3)o1)C(C)(C)C(C)C2(C)C. The van der Waals surface area contributed by atoms with Gasteiger partial charge >= 0.3 is 5.91 Å². The van der Waals surface area contributed by atoms with Gasteiger partial charge in [0.25, 0.3) is 5.95 Å². The maximum atomic E-state index is 12.7. The normalized spacial score (nSPS) is 17.6. The zero-order valence-electron chi connectivity index (χ0n) is 23.0. The Balaban J connectivity index is 1.31. The van der Waals surface area contributed by atoms with Crippen molar-refractivity contribution in [1.29, 1.82) is 0 Å². The molecule has 5 rings (SSSR count). The van der Waals surface area contributed by atoms with Crippen LogP contribution in [0.4, 0.5) is 5.82 Å². The number of benzene rings is 1. The largest absolute Gasteiger partial charge is 0.426 e. The molecule has 3 heterocycles. The molecule has 3 aromatic heterocycles. The highest BCUT2D eigenvalue weighted by Gasteiger charge is 2.48. The van der Waals surface area contributed by atoms with Gasteiger partial charge in [-0.3, -0.25) is 20.3 Å². The lowest BCUT2D eigenvalue weighted by atomic mass is 9.71. The number of pyridine rings is 1. The molecule has 1 unspecified atom stereocenters. The first-order chi connectivity index (χ1) is 17.3. The number of furan rings is 1. The maximum absolute atomic E-state index is 12.7. The van der Waals surface area contributed by atoms with Gasteiger partial charge in [-0.15, -0.1) is 0 Å². The first kappa shape index (κ1) is 24.9. The second-order valence-corrected chi connectivity index (χ2v) is 11.4. The van der Waals surface area contributed by atoms with Gasteiger partial charge in [0.2, 0.25) is 0 Å². The topological polar surface area (TPSA) is 94.2 Å². The lowest BCUT2D eigenvalue weighted by Crippen LogP contribution is -2.30. The number of hydrazine groups is 1. The summed E-state index contributed by atoms with van der Waals surface area (Å²) >= 11 is 0. The number of rotatable bonds is 5. The van der Waals surface area contributed by atoms with Gasteiger partial charge in [0.15, 0.2) is 11.4 Å². The first-order valence-corrected chi connectivity index (χ1v) is 12.6. The summed E-state index contributed by atoms with van der Waals surface area (Å²) in [7, 11) is 1.85. The molecule has 1 atom stereocenters. The Morgan fingerprint density at radius 1 is 1.03 bits per heavy atom. The summed E-state index contributed by atoms with van der Waals surface area (Å²) in [6, 6.07) is 9.48. The summed E-state index contributed by atoms with van der Waals surface area (Å²) in [6.45, 7) is 17.5. The van der Waals surface area contributed by atoms with Crippen molar-refractivity contribution >= 4 is 22.8 Å². The lowest BCUT2D eigenvalue weighted by molar-refractivity contribution is 0.0930. The number of anilines is 1. The Bertz CT molecular complexity index is 1540. The van der Waals surface area contributed by atoms with Gasteiger partial charge in [0.05, 0.1) is 5.69 Å². The van der Waals surface area contributed by atoms with E-state index in [2.05, 4.69) is 67.7 Å². The average Bonchev–Trinajstić information content (AvgIpc) is 3.44. The van der Waals surface area contributed by atoms with Gasteiger partial charge in [-0.1, -0.05) is 40.7 Å². The molecular formula is C29H35N5O3. The van der Waals surface area contributed by atoms with Crippen LogP contribution in [0.5, 0.6) is 11.7 Å².